The SMILES string of the molecule is CCOc1cc(C2/C(=C(\O)c3cc(Cl)c(OC)cc3OC)C(=O)C(=O)N2CCOC)ccc1OC(C)C. The van der Waals surface area contributed by atoms with Crippen LogP contribution >= 0.6 is 11.6 Å². The van der Waals surface area contributed by atoms with Crippen LogP contribution in [0.4, 0.5) is 0 Å². The van der Waals surface area contributed by atoms with Gasteiger partial charge in [-0.15, -0.1) is 0 Å². The summed E-state index contributed by atoms with van der Waals surface area (Å²) in [7, 11) is 4.36. The fourth-order valence-corrected chi connectivity index (χ4v) is 4.39. The third-order valence-corrected chi connectivity index (χ3v) is 6.05. The normalized spacial score (nSPS) is 16.9. The zero-order valence-corrected chi connectivity index (χ0v) is 22.5. The molecule has 1 amide bonds. The van der Waals surface area contributed by atoms with Crippen molar-refractivity contribution in [3.05, 3.63) is 52.1 Å². The molecule has 3 rings (SSSR count). The van der Waals surface area contributed by atoms with E-state index in [4.69, 9.17) is 35.3 Å². The second-order valence-electron chi connectivity index (χ2n) is 8.48. The lowest BCUT2D eigenvalue weighted by molar-refractivity contribution is -0.140. The van der Waals surface area contributed by atoms with Crippen molar-refractivity contribution in [2.45, 2.75) is 32.9 Å². The van der Waals surface area contributed by atoms with Gasteiger partial charge in [0.25, 0.3) is 11.7 Å². The number of ether oxygens (including phenoxy) is 5. The Morgan fingerprint density at radius 3 is 2.32 bits per heavy atom. The van der Waals surface area contributed by atoms with E-state index in [0.717, 1.165) is 0 Å². The highest BCUT2D eigenvalue weighted by atomic mass is 35.5. The lowest BCUT2D eigenvalue weighted by Crippen LogP contribution is -2.32. The maximum Gasteiger partial charge on any atom is 0.295 e. The van der Waals surface area contributed by atoms with Crippen molar-refractivity contribution < 1.29 is 38.4 Å². The van der Waals surface area contributed by atoms with E-state index in [-0.39, 0.29) is 41.2 Å². The van der Waals surface area contributed by atoms with Crippen molar-refractivity contribution in [3.8, 4) is 23.0 Å². The Kier molecular flexibility index (Phi) is 9.29. The number of likely N-dealkylation sites (tertiary alicyclic amines) is 1. The second-order valence-corrected chi connectivity index (χ2v) is 8.89. The minimum absolute atomic E-state index is 0.0929. The first-order chi connectivity index (χ1) is 17.7. The summed E-state index contributed by atoms with van der Waals surface area (Å²) in [6.07, 6.45) is -0.0929. The van der Waals surface area contributed by atoms with Crippen LogP contribution in [0.25, 0.3) is 5.76 Å². The molecule has 9 nitrogen and oxygen atoms in total. The molecule has 2 aromatic rings. The van der Waals surface area contributed by atoms with Gasteiger partial charge in [-0.25, -0.2) is 0 Å². The molecule has 1 N–H and O–H groups in total. The van der Waals surface area contributed by atoms with Gasteiger partial charge in [-0.3, -0.25) is 9.59 Å². The Bertz CT molecular complexity index is 1190. The first-order valence-electron chi connectivity index (χ1n) is 11.8. The summed E-state index contributed by atoms with van der Waals surface area (Å²) in [4.78, 5) is 27.8. The maximum atomic E-state index is 13.3. The van der Waals surface area contributed by atoms with Gasteiger partial charge in [0.05, 0.1) is 55.7 Å². The van der Waals surface area contributed by atoms with Crippen LogP contribution in [-0.2, 0) is 14.3 Å². The lowest BCUT2D eigenvalue weighted by atomic mass is 9.94. The number of Topliss-reactive ketones (excluding diaryl/α,β-unsaturated/α-hetero) is 1. The molecule has 200 valence electrons. The largest absolute Gasteiger partial charge is 0.507 e. The van der Waals surface area contributed by atoms with Gasteiger partial charge >= 0.3 is 0 Å². The summed E-state index contributed by atoms with van der Waals surface area (Å²) in [5, 5.41) is 11.6. The van der Waals surface area contributed by atoms with Crippen molar-refractivity contribution >= 4 is 29.1 Å². The summed E-state index contributed by atoms with van der Waals surface area (Å²) in [6, 6.07) is 7.18. The van der Waals surface area contributed by atoms with Crippen LogP contribution in [0.1, 0.15) is 37.9 Å². The van der Waals surface area contributed by atoms with Gasteiger partial charge in [0, 0.05) is 19.7 Å². The highest BCUT2D eigenvalue weighted by Gasteiger charge is 2.46. The van der Waals surface area contributed by atoms with Crippen LogP contribution in [0.3, 0.4) is 0 Å². The average Bonchev–Trinajstić information content (AvgIpc) is 3.12. The average molecular weight is 534 g/mol. The Labute approximate surface area is 221 Å². The Balaban J connectivity index is 2.25. The quantitative estimate of drug-likeness (QED) is 0.254. The van der Waals surface area contributed by atoms with Gasteiger partial charge in [-0.05, 0) is 44.5 Å². The van der Waals surface area contributed by atoms with Gasteiger partial charge in [-0.1, -0.05) is 17.7 Å². The predicted octanol–water partition coefficient (Wildman–Crippen LogP) is 4.61. The minimum atomic E-state index is -0.923. The van der Waals surface area contributed by atoms with Crippen molar-refractivity contribution in [2.24, 2.45) is 0 Å². The molecule has 0 aromatic heterocycles. The third kappa shape index (κ3) is 5.78. The van der Waals surface area contributed by atoms with E-state index in [0.29, 0.717) is 29.4 Å². The monoisotopic (exact) mass is 533 g/mol. The number of hydrogen-bond donors (Lipinski definition) is 1. The molecule has 0 saturated carbocycles. The highest BCUT2D eigenvalue weighted by molar-refractivity contribution is 6.46. The molecule has 0 bridgehead atoms. The van der Waals surface area contributed by atoms with Crippen molar-refractivity contribution in [1.82, 2.24) is 4.90 Å². The lowest BCUT2D eigenvalue weighted by Gasteiger charge is -2.26. The summed E-state index contributed by atoms with van der Waals surface area (Å²) >= 11 is 6.32. The summed E-state index contributed by atoms with van der Waals surface area (Å²) in [6.45, 7) is 6.33. The number of rotatable bonds is 11. The number of aliphatic hydroxyl groups is 1. The van der Waals surface area contributed by atoms with E-state index in [1.54, 1.807) is 18.2 Å². The number of carbonyl (C=O) groups excluding carboxylic acids is 2. The van der Waals surface area contributed by atoms with E-state index in [1.165, 1.54) is 38.4 Å². The predicted molar refractivity (Wildman–Crippen MR) is 139 cm³/mol. The molecular formula is C27H32ClNO8. The Morgan fingerprint density at radius 1 is 1.03 bits per heavy atom. The van der Waals surface area contributed by atoms with E-state index >= 15 is 0 Å². The summed E-state index contributed by atoms with van der Waals surface area (Å²) < 4.78 is 27.5. The first kappa shape index (κ1) is 28.1. The number of benzene rings is 2. The van der Waals surface area contributed by atoms with Crippen LogP contribution in [0.5, 0.6) is 23.0 Å². The van der Waals surface area contributed by atoms with Crippen LogP contribution in [0.15, 0.2) is 35.9 Å². The molecule has 1 heterocycles. The fourth-order valence-electron chi connectivity index (χ4n) is 4.15. The molecule has 0 spiro atoms. The van der Waals surface area contributed by atoms with E-state index in [1.807, 2.05) is 20.8 Å². The zero-order chi connectivity index (χ0) is 27.3. The fraction of sp³-hybridized carbons (Fsp3) is 0.407. The molecule has 1 aliphatic heterocycles. The number of nitrogens with zero attached hydrogens (tertiary/aromatic N) is 1. The maximum absolute atomic E-state index is 13.3. The molecule has 1 unspecified atom stereocenters. The van der Waals surface area contributed by atoms with Crippen molar-refractivity contribution in [2.75, 3.05) is 41.1 Å². The number of amides is 1. The number of halogens is 1. The number of methoxy groups -OCH3 is 3. The molecule has 0 aliphatic carbocycles. The molecule has 37 heavy (non-hydrogen) atoms. The molecule has 1 aliphatic rings. The number of ketones is 1. The topological polar surface area (TPSA) is 104 Å². The first-order valence-corrected chi connectivity index (χ1v) is 12.2. The Morgan fingerprint density at radius 2 is 1.73 bits per heavy atom. The number of carbonyl (C=O) groups is 2. The van der Waals surface area contributed by atoms with Crippen LogP contribution in [0.2, 0.25) is 5.02 Å². The second kappa shape index (κ2) is 12.2. The van der Waals surface area contributed by atoms with Crippen LogP contribution < -0.4 is 18.9 Å². The molecule has 0 radical (unpaired) electrons. The summed E-state index contributed by atoms with van der Waals surface area (Å²) in [5.41, 5.74) is 0.587. The molecule has 1 atom stereocenters. The van der Waals surface area contributed by atoms with Gasteiger partial charge in [-0.2, -0.15) is 0 Å². The molecular weight excluding hydrogens is 502 g/mol. The van der Waals surface area contributed by atoms with Crippen LogP contribution in [-0.4, -0.2) is 68.9 Å². The highest BCUT2D eigenvalue weighted by Crippen LogP contribution is 2.44. The van der Waals surface area contributed by atoms with Crippen molar-refractivity contribution in [1.29, 1.82) is 0 Å². The molecule has 10 heteroatoms. The van der Waals surface area contributed by atoms with Crippen LogP contribution in [0, 0.1) is 0 Å². The standard InChI is InChI=1S/C27H32ClNO8/c1-7-36-22-12-16(8-9-19(22)37-15(2)3)24-23(26(31)27(32)29(24)10-11-33-4)25(30)17-13-18(28)21(35-6)14-20(17)34-5/h8-9,12-15,24,30H,7,10-11H2,1-6H3/b25-23+. The van der Waals surface area contributed by atoms with E-state index in [2.05, 4.69) is 0 Å². The van der Waals surface area contributed by atoms with Gasteiger partial charge < -0.3 is 33.7 Å². The van der Waals surface area contributed by atoms with Gasteiger partial charge in [0.15, 0.2) is 11.5 Å². The minimum Gasteiger partial charge on any atom is -0.507 e. The smallest absolute Gasteiger partial charge is 0.295 e. The van der Waals surface area contributed by atoms with Gasteiger partial charge in [0.2, 0.25) is 0 Å². The molecule has 1 saturated heterocycles. The summed E-state index contributed by atoms with van der Waals surface area (Å²) in [5.74, 6) is -0.500. The number of hydrogen-bond acceptors (Lipinski definition) is 8. The molecule has 1 fully saturated rings. The van der Waals surface area contributed by atoms with Crippen molar-refractivity contribution in [3.63, 3.8) is 0 Å². The van der Waals surface area contributed by atoms with E-state index in [9.17, 15) is 14.7 Å². The zero-order valence-electron chi connectivity index (χ0n) is 21.8. The molecule has 2 aromatic carbocycles. The van der Waals surface area contributed by atoms with E-state index < -0.39 is 23.5 Å². The number of aliphatic hydroxyl groups excluding tert-OH is 1. The van der Waals surface area contributed by atoms with Gasteiger partial charge in [0.1, 0.15) is 17.3 Å². The Hall–Kier alpha value is -3.43. The third-order valence-electron chi connectivity index (χ3n) is 5.75.